The lowest BCUT2D eigenvalue weighted by Crippen LogP contribution is -1.72. The van der Waals surface area contributed by atoms with Crippen LogP contribution in [-0.2, 0) is 0 Å². The highest BCUT2D eigenvalue weighted by atomic mass is 32.1. The molecule has 0 aliphatic heterocycles. The Bertz CT molecular complexity index is 238. The predicted octanol–water partition coefficient (Wildman–Crippen LogP) is 2.66. The molecule has 1 aromatic rings. The number of nitriles is 1. The predicted molar refractivity (Wildman–Crippen MR) is 47.7 cm³/mol. The molecule has 2 nitrogen and oxygen atoms in total. The van der Waals surface area contributed by atoms with Gasteiger partial charge in [-0.3, -0.25) is 0 Å². The molecule has 60 valence electrons. The second-order valence-corrected chi connectivity index (χ2v) is 2.98. The van der Waals surface area contributed by atoms with E-state index < -0.39 is 0 Å². The fourth-order valence-corrected chi connectivity index (χ4v) is 1.23. The lowest BCUT2D eigenvalue weighted by molar-refractivity contribution is 1.21. The maximum atomic E-state index is 8.37. The molecule has 0 amide bonds. The summed E-state index contributed by atoms with van der Waals surface area (Å²) in [6, 6.07) is 2.00. The monoisotopic (exact) mass is 168 g/mol. The van der Waals surface area contributed by atoms with E-state index in [9.17, 15) is 0 Å². The Balaban J connectivity index is 0.000000461. The van der Waals surface area contributed by atoms with Gasteiger partial charge in [0.1, 0.15) is 6.07 Å². The number of hydrogen-bond donors (Lipinski definition) is 0. The van der Waals surface area contributed by atoms with Crippen LogP contribution in [0.15, 0.2) is 0 Å². The van der Waals surface area contributed by atoms with Crippen LogP contribution in [0, 0.1) is 25.2 Å². The normalized spacial score (nSPS) is 7.91. The molecule has 11 heavy (non-hydrogen) atoms. The van der Waals surface area contributed by atoms with Crippen LogP contribution in [0.2, 0.25) is 0 Å². The molecule has 3 heteroatoms. The minimum Gasteiger partial charge on any atom is -0.231 e. The molecule has 0 fully saturated rings. The summed E-state index contributed by atoms with van der Waals surface area (Å²) in [5, 5.41) is 8.93. The Morgan fingerprint density at radius 3 is 2.09 bits per heavy atom. The summed E-state index contributed by atoms with van der Waals surface area (Å²) in [6.07, 6.45) is 0. The van der Waals surface area contributed by atoms with Gasteiger partial charge in [-0.15, -0.1) is 11.3 Å². The largest absolute Gasteiger partial charge is 0.231 e. The van der Waals surface area contributed by atoms with Crippen LogP contribution in [0.5, 0.6) is 0 Å². The third-order valence-electron chi connectivity index (χ3n) is 1.12. The Morgan fingerprint density at radius 2 is 1.91 bits per heavy atom. The summed E-state index contributed by atoms with van der Waals surface area (Å²) < 4.78 is 0. The number of thiazole rings is 1. The van der Waals surface area contributed by atoms with Crippen LogP contribution in [0.4, 0.5) is 0 Å². The molecular weight excluding hydrogens is 156 g/mol. The van der Waals surface area contributed by atoms with E-state index in [4.69, 9.17) is 5.26 Å². The molecule has 1 heterocycles. The van der Waals surface area contributed by atoms with Crippen LogP contribution < -0.4 is 0 Å². The second-order valence-electron chi connectivity index (χ2n) is 1.77. The van der Waals surface area contributed by atoms with E-state index in [-0.39, 0.29) is 0 Å². The molecule has 0 radical (unpaired) electrons. The molecule has 0 saturated carbocycles. The van der Waals surface area contributed by atoms with Gasteiger partial charge in [-0.1, -0.05) is 13.8 Å². The molecule has 0 aliphatic rings. The second kappa shape index (κ2) is 4.86. The van der Waals surface area contributed by atoms with Crippen molar-refractivity contribution in [3.63, 3.8) is 0 Å². The van der Waals surface area contributed by atoms with E-state index in [1.165, 1.54) is 11.3 Å². The number of hydrogen-bond acceptors (Lipinski definition) is 3. The van der Waals surface area contributed by atoms with Gasteiger partial charge in [0.25, 0.3) is 0 Å². The van der Waals surface area contributed by atoms with Crippen molar-refractivity contribution in [3.05, 3.63) is 15.6 Å². The van der Waals surface area contributed by atoms with E-state index in [0.717, 1.165) is 10.6 Å². The van der Waals surface area contributed by atoms with E-state index >= 15 is 0 Å². The summed E-state index contributed by atoms with van der Waals surface area (Å²) in [6.45, 7) is 7.88. The van der Waals surface area contributed by atoms with Crippen LogP contribution >= 0.6 is 11.3 Å². The molecule has 0 atom stereocenters. The number of aromatic nitrogens is 1. The molecule has 1 rings (SSSR count). The highest BCUT2D eigenvalue weighted by Crippen LogP contribution is 2.14. The van der Waals surface area contributed by atoms with Crippen LogP contribution in [0.3, 0.4) is 0 Å². The average Bonchev–Trinajstić information content (AvgIpc) is 2.36. The molecule has 1 aromatic heterocycles. The summed E-state index contributed by atoms with van der Waals surface area (Å²) >= 11 is 1.44. The summed E-state index contributed by atoms with van der Waals surface area (Å²) in [5.41, 5.74) is 0.969. The zero-order chi connectivity index (χ0) is 8.85. The molecule has 0 saturated heterocycles. The molecule has 0 aliphatic carbocycles. The average molecular weight is 168 g/mol. The van der Waals surface area contributed by atoms with Crippen molar-refractivity contribution in [1.82, 2.24) is 4.98 Å². The zero-order valence-corrected chi connectivity index (χ0v) is 8.12. The third kappa shape index (κ3) is 2.69. The molecule has 0 spiro atoms. The van der Waals surface area contributed by atoms with Gasteiger partial charge in [0, 0.05) is 4.88 Å². The van der Waals surface area contributed by atoms with E-state index in [0.29, 0.717) is 5.01 Å². The highest BCUT2D eigenvalue weighted by molar-refractivity contribution is 7.12. The smallest absolute Gasteiger partial charge is 0.194 e. The first kappa shape index (κ1) is 10.1. The van der Waals surface area contributed by atoms with E-state index in [1.807, 2.05) is 33.8 Å². The van der Waals surface area contributed by atoms with Crippen molar-refractivity contribution in [3.8, 4) is 6.07 Å². The molecule has 0 bridgehead atoms. The van der Waals surface area contributed by atoms with Gasteiger partial charge < -0.3 is 0 Å². The van der Waals surface area contributed by atoms with Crippen molar-refractivity contribution in [2.75, 3.05) is 0 Å². The standard InChI is InChI=1S/C6H6N2S.C2H6/c1-4-5(2)9-6(3-7)8-4;1-2/h1-2H3;1-2H3. The zero-order valence-electron chi connectivity index (χ0n) is 7.30. The fourth-order valence-electron chi connectivity index (χ4n) is 0.521. The minimum atomic E-state index is 0.560. The number of aryl methyl sites for hydroxylation is 2. The summed E-state index contributed by atoms with van der Waals surface area (Å²) in [5.74, 6) is 0. The van der Waals surface area contributed by atoms with Crippen molar-refractivity contribution in [2.45, 2.75) is 27.7 Å². The van der Waals surface area contributed by atoms with Crippen molar-refractivity contribution in [2.24, 2.45) is 0 Å². The van der Waals surface area contributed by atoms with Crippen LogP contribution in [0.1, 0.15) is 29.4 Å². The number of nitrogens with zero attached hydrogens (tertiary/aromatic N) is 2. The van der Waals surface area contributed by atoms with Gasteiger partial charge >= 0.3 is 0 Å². The minimum absolute atomic E-state index is 0.560. The molecular formula is C8H12N2S. The maximum absolute atomic E-state index is 8.37. The molecule has 0 aromatic carbocycles. The van der Waals surface area contributed by atoms with Gasteiger partial charge in [0.05, 0.1) is 5.69 Å². The van der Waals surface area contributed by atoms with Crippen LogP contribution in [0.25, 0.3) is 0 Å². The molecule has 0 unspecified atom stereocenters. The first-order valence-electron chi connectivity index (χ1n) is 3.58. The van der Waals surface area contributed by atoms with Gasteiger partial charge in [-0.25, -0.2) is 4.98 Å². The third-order valence-corrected chi connectivity index (χ3v) is 2.10. The van der Waals surface area contributed by atoms with Gasteiger partial charge in [0.2, 0.25) is 0 Å². The Kier molecular flexibility index (Phi) is 4.47. The van der Waals surface area contributed by atoms with Crippen LogP contribution in [-0.4, -0.2) is 4.98 Å². The SMILES string of the molecule is CC.Cc1nc(C#N)sc1C. The van der Waals surface area contributed by atoms with E-state index in [1.54, 1.807) is 0 Å². The summed E-state index contributed by atoms with van der Waals surface area (Å²) in [7, 11) is 0. The Morgan fingerprint density at radius 1 is 1.36 bits per heavy atom. The first-order valence-corrected chi connectivity index (χ1v) is 4.40. The lowest BCUT2D eigenvalue weighted by Gasteiger charge is -1.77. The van der Waals surface area contributed by atoms with Crippen molar-refractivity contribution < 1.29 is 0 Å². The Labute approximate surface area is 71.5 Å². The first-order chi connectivity index (χ1) is 5.24. The van der Waals surface area contributed by atoms with E-state index in [2.05, 4.69) is 4.98 Å². The number of rotatable bonds is 0. The van der Waals surface area contributed by atoms with Crippen molar-refractivity contribution >= 4 is 11.3 Å². The lowest BCUT2D eigenvalue weighted by atomic mass is 10.4. The van der Waals surface area contributed by atoms with Gasteiger partial charge in [0.15, 0.2) is 5.01 Å². The van der Waals surface area contributed by atoms with Crippen molar-refractivity contribution in [1.29, 1.82) is 5.26 Å². The fraction of sp³-hybridized carbons (Fsp3) is 0.500. The highest BCUT2D eigenvalue weighted by Gasteiger charge is 1.99. The summed E-state index contributed by atoms with van der Waals surface area (Å²) in [4.78, 5) is 5.12. The molecule has 0 N–H and O–H groups in total. The van der Waals surface area contributed by atoms with Gasteiger partial charge in [-0.2, -0.15) is 5.26 Å². The quantitative estimate of drug-likeness (QED) is 0.597. The van der Waals surface area contributed by atoms with Gasteiger partial charge in [-0.05, 0) is 13.8 Å². The Hall–Kier alpha value is -0.880. The topological polar surface area (TPSA) is 36.7 Å². The maximum Gasteiger partial charge on any atom is 0.194 e.